The zero-order valence-electron chi connectivity index (χ0n) is 9.86. The lowest BCUT2D eigenvalue weighted by Gasteiger charge is -2.35. The van der Waals surface area contributed by atoms with Crippen molar-refractivity contribution in [3.05, 3.63) is 11.2 Å². The number of hydrogen-bond donors (Lipinski definition) is 2. The van der Waals surface area contributed by atoms with Crippen molar-refractivity contribution in [3.63, 3.8) is 0 Å². The van der Waals surface area contributed by atoms with Crippen molar-refractivity contribution in [2.24, 2.45) is 0 Å². The van der Waals surface area contributed by atoms with Crippen molar-refractivity contribution in [2.45, 2.75) is 25.3 Å². The second-order valence-electron chi connectivity index (χ2n) is 4.14. The number of aliphatic hydroxyl groups excluding tert-OH is 1. The fraction of sp³-hybridized carbons (Fsp3) is 0.636. The van der Waals surface area contributed by atoms with E-state index < -0.39 is 0 Å². The van der Waals surface area contributed by atoms with E-state index in [1.54, 1.807) is 13.2 Å². The van der Waals surface area contributed by atoms with Crippen molar-refractivity contribution in [1.82, 2.24) is 9.97 Å². The maximum Gasteiger partial charge on any atom is 0.224 e. The van der Waals surface area contributed by atoms with Crippen LogP contribution in [0.25, 0.3) is 0 Å². The van der Waals surface area contributed by atoms with Gasteiger partial charge in [-0.3, -0.25) is 0 Å². The fourth-order valence-corrected chi connectivity index (χ4v) is 2.35. The lowest BCUT2D eigenvalue weighted by atomic mass is 10.0. The number of hydrogen-bond acceptors (Lipinski definition) is 5. The van der Waals surface area contributed by atoms with Crippen LogP contribution in [-0.2, 0) is 0 Å². The summed E-state index contributed by atoms with van der Waals surface area (Å²) in [5, 5.41) is 12.8. The third-order valence-corrected chi connectivity index (χ3v) is 3.33. The van der Waals surface area contributed by atoms with E-state index in [1.165, 1.54) is 0 Å². The minimum absolute atomic E-state index is 0.112. The van der Waals surface area contributed by atoms with Gasteiger partial charge in [0.15, 0.2) is 5.82 Å². The topological polar surface area (TPSA) is 61.3 Å². The highest BCUT2D eigenvalue weighted by molar-refractivity contribution is 6.32. The van der Waals surface area contributed by atoms with Crippen LogP contribution in [-0.4, -0.2) is 41.3 Å². The van der Waals surface area contributed by atoms with Crippen molar-refractivity contribution < 1.29 is 5.11 Å². The van der Waals surface area contributed by atoms with Gasteiger partial charge in [-0.1, -0.05) is 11.6 Å². The first-order valence-corrected chi connectivity index (χ1v) is 6.22. The largest absolute Gasteiger partial charge is 0.394 e. The van der Waals surface area contributed by atoms with Crippen LogP contribution >= 0.6 is 11.6 Å². The summed E-state index contributed by atoms with van der Waals surface area (Å²) in [5.74, 6) is 1.26. The van der Waals surface area contributed by atoms with Gasteiger partial charge in [0.25, 0.3) is 0 Å². The van der Waals surface area contributed by atoms with Crippen LogP contribution < -0.4 is 10.2 Å². The first-order chi connectivity index (χ1) is 8.26. The van der Waals surface area contributed by atoms with E-state index in [9.17, 15) is 5.11 Å². The van der Waals surface area contributed by atoms with E-state index in [0.29, 0.717) is 16.8 Å². The highest BCUT2D eigenvalue weighted by Crippen LogP contribution is 2.29. The predicted molar refractivity (Wildman–Crippen MR) is 68.7 cm³/mol. The van der Waals surface area contributed by atoms with Gasteiger partial charge in [0.2, 0.25) is 5.95 Å². The van der Waals surface area contributed by atoms with Gasteiger partial charge >= 0.3 is 0 Å². The molecular formula is C11H17ClN4O. The fourth-order valence-electron chi connectivity index (χ4n) is 2.15. The number of halogens is 1. The summed E-state index contributed by atoms with van der Waals surface area (Å²) in [6, 6.07) is 0.112. The van der Waals surface area contributed by atoms with Crippen molar-refractivity contribution in [1.29, 1.82) is 0 Å². The molecule has 1 aromatic rings. The van der Waals surface area contributed by atoms with Crippen LogP contribution in [0.15, 0.2) is 6.20 Å². The Kier molecular flexibility index (Phi) is 4.02. The molecule has 2 rings (SSSR count). The summed E-state index contributed by atoms with van der Waals surface area (Å²) in [5.41, 5.74) is 0. The molecule has 2 N–H and O–H groups in total. The molecule has 0 radical (unpaired) electrons. The maximum atomic E-state index is 9.40. The number of rotatable bonds is 3. The molecule has 1 atom stereocenters. The van der Waals surface area contributed by atoms with Crippen LogP contribution in [0.4, 0.5) is 11.8 Å². The van der Waals surface area contributed by atoms with Gasteiger partial charge < -0.3 is 15.3 Å². The molecule has 5 nitrogen and oxygen atoms in total. The van der Waals surface area contributed by atoms with Gasteiger partial charge in [-0.2, -0.15) is 4.98 Å². The number of anilines is 2. The molecule has 2 heterocycles. The average Bonchev–Trinajstić information content (AvgIpc) is 2.39. The number of nitrogens with zero attached hydrogens (tertiary/aromatic N) is 3. The SMILES string of the molecule is CNc1ncc(Cl)c(N2CCCCC2CO)n1. The van der Waals surface area contributed by atoms with E-state index >= 15 is 0 Å². The molecule has 0 saturated carbocycles. The average molecular weight is 257 g/mol. The Morgan fingerprint density at radius 3 is 3.12 bits per heavy atom. The zero-order chi connectivity index (χ0) is 12.3. The first-order valence-electron chi connectivity index (χ1n) is 5.84. The molecule has 0 bridgehead atoms. The van der Waals surface area contributed by atoms with Crippen molar-refractivity contribution in [3.8, 4) is 0 Å². The van der Waals surface area contributed by atoms with Crippen LogP contribution in [0.1, 0.15) is 19.3 Å². The first kappa shape index (κ1) is 12.4. The van der Waals surface area contributed by atoms with Crippen molar-refractivity contribution >= 4 is 23.4 Å². The third kappa shape index (κ3) is 2.61. The summed E-state index contributed by atoms with van der Waals surface area (Å²) in [7, 11) is 1.77. The van der Waals surface area contributed by atoms with Crippen LogP contribution in [0, 0.1) is 0 Å². The van der Waals surface area contributed by atoms with Gasteiger partial charge in [-0.15, -0.1) is 0 Å². The molecule has 17 heavy (non-hydrogen) atoms. The minimum atomic E-state index is 0.112. The van der Waals surface area contributed by atoms with E-state index in [0.717, 1.165) is 25.8 Å². The number of piperidine rings is 1. The molecule has 0 aliphatic carbocycles. The molecule has 0 aromatic carbocycles. The molecule has 6 heteroatoms. The monoisotopic (exact) mass is 256 g/mol. The van der Waals surface area contributed by atoms with E-state index in [4.69, 9.17) is 11.6 Å². The lowest BCUT2D eigenvalue weighted by Crippen LogP contribution is -2.42. The molecule has 1 aromatic heterocycles. The van der Waals surface area contributed by atoms with Crippen molar-refractivity contribution in [2.75, 3.05) is 30.4 Å². The lowest BCUT2D eigenvalue weighted by molar-refractivity contribution is 0.239. The van der Waals surface area contributed by atoms with Gasteiger partial charge in [-0.25, -0.2) is 4.98 Å². The van der Waals surface area contributed by atoms with Gasteiger partial charge in [-0.05, 0) is 19.3 Å². The standard InChI is InChI=1S/C11H17ClN4O/c1-13-11-14-6-9(12)10(15-11)16-5-3-2-4-8(16)7-17/h6,8,17H,2-5,7H2,1H3,(H,13,14,15). The number of nitrogens with one attached hydrogen (secondary N) is 1. The molecule has 1 aliphatic heterocycles. The molecule has 1 fully saturated rings. The summed E-state index contributed by atoms with van der Waals surface area (Å²) in [6.45, 7) is 1.01. The molecule has 94 valence electrons. The molecule has 0 spiro atoms. The summed E-state index contributed by atoms with van der Waals surface area (Å²) in [4.78, 5) is 10.5. The molecular weight excluding hydrogens is 240 g/mol. The van der Waals surface area contributed by atoms with Crippen LogP contribution in [0.5, 0.6) is 0 Å². The van der Waals surface area contributed by atoms with Gasteiger partial charge in [0.05, 0.1) is 18.8 Å². The molecule has 1 aliphatic rings. The second kappa shape index (κ2) is 5.51. The normalized spacial score (nSPS) is 20.4. The predicted octanol–water partition coefficient (Wildman–Crippen LogP) is 1.52. The molecule has 0 amide bonds. The Morgan fingerprint density at radius 2 is 2.41 bits per heavy atom. The number of aromatic nitrogens is 2. The van der Waals surface area contributed by atoms with E-state index in [1.807, 2.05) is 0 Å². The highest BCUT2D eigenvalue weighted by Gasteiger charge is 2.25. The zero-order valence-corrected chi connectivity index (χ0v) is 10.6. The Hall–Kier alpha value is -1.07. The quantitative estimate of drug-likeness (QED) is 0.859. The molecule has 1 unspecified atom stereocenters. The van der Waals surface area contributed by atoms with Gasteiger partial charge in [0, 0.05) is 13.6 Å². The maximum absolute atomic E-state index is 9.40. The Bertz CT molecular complexity index is 388. The summed E-state index contributed by atoms with van der Waals surface area (Å²) < 4.78 is 0. The molecule has 1 saturated heterocycles. The van der Waals surface area contributed by atoms with Gasteiger partial charge in [0.1, 0.15) is 5.02 Å². The summed E-state index contributed by atoms with van der Waals surface area (Å²) >= 11 is 6.13. The summed E-state index contributed by atoms with van der Waals surface area (Å²) in [6.07, 6.45) is 4.82. The Balaban J connectivity index is 2.30. The van der Waals surface area contributed by atoms with Crippen LogP contribution in [0.3, 0.4) is 0 Å². The Morgan fingerprint density at radius 1 is 1.59 bits per heavy atom. The smallest absolute Gasteiger partial charge is 0.224 e. The van der Waals surface area contributed by atoms with E-state index in [2.05, 4.69) is 20.2 Å². The minimum Gasteiger partial charge on any atom is -0.394 e. The number of aliphatic hydroxyl groups is 1. The van der Waals surface area contributed by atoms with Crippen LogP contribution in [0.2, 0.25) is 5.02 Å². The highest BCUT2D eigenvalue weighted by atomic mass is 35.5. The third-order valence-electron chi connectivity index (χ3n) is 3.06. The Labute approximate surface area is 106 Å². The van der Waals surface area contributed by atoms with E-state index in [-0.39, 0.29) is 12.6 Å². The second-order valence-corrected chi connectivity index (χ2v) is 4.55.